The smallest absolute Gasteiger partial charge is 0.338 e. The number of nitrogens with zero attached hydrogens (tertiary/aromatic N) is 1. The molecule has 29 heavy (non-hydrogen) atoms. The Labute approximate surface area is 168 Å². The molecule has 1 aromatic rings. The van der Waals surface area contributed by atoms with E-state index in [2.05, 4.69) is 17.2 Å². The molecule has 0 spiro atoms. The van der Waals surface area contributed by atoms with Crippen LogP contribution in [0.2, 0.25) is 0 Å². The van der Waals surface area contributed by atoms with Gasteiger partial charge in [0.1, 0.15) is 0 Å². The summed E-state index contributed by atoms with van der Waals surface area (Å²) in [5, 5.41) is 4.64. The number of urea groups is 1. The Morgan fingerprint density at radius 1 is 1.17 bits per heavy atom. The number of esters is 1. The summed E-state index contributed by atoms with van der Waals surface area (Å²) in [5.41, 5.74) is -0.284. The van der Waals surface area contributed by atoms with Crippen molar-refractivity contribution < 1.29 is 28.7 Å². The number of amides is 5. The Balaban J connectivity index is 2.06. The molecular weight excluding hydrogens is 378 g/mol. The second-order valence-corrected chi connectivity index (χ2v) is 7.51. The lowest BCUT2D eigenvalue weighted by Gasteiger charge is -2.21. The van der Waals surface area contributed by atoms with Gasteiger partial charge in [-0.15, -0.1) is 6.58 Å². The molecule has 0 aromatic heterocycles. The minimum absolute atomic E-state index is 0.00384. The molecule has 0 aliphatic carbocycles. The molecule has 1 atom stereocenters. The highest BCUT2D eigenvalue weighted by Gasteiger charge is 2.35. The van der Waals surface area contributed by atoms with Gasteiger partial charge in [0, 0.05) is 12.1 Å². The van der Waals surface area contributed by atoms with E-state index in [1.807, 2.05) is 0 Å². The molecule has 0 saturated carbocycles. The van der Waals surface area contributed by atoms with Crippen LogP contribution in [-0.2, 0) is 9.53 Å². The van der Waals surface area contributed by atoms with Gasteiger partial charge in [-0.2, -0.15) is 0 Å². The van der Waals surface area contributed by atoms with Crippen LogP contribution < -0.4 is 10.6 Å². The first-order valence-electron chi connectivity index (χ1n) is 8.89. The first-order valence-corrected chi connectivity index (χ1v) is 8.89. The molecule has 1 aromatic carbocycles. The van der Waals surface area contributed by atoms with Crippen LogP contribution >= 0.6 is 0 Å². The maximum atomic E-state index is 12.3. The van der Waals surface area contributed by atoms with Gasteiger partial charge >= 0.3 is 12.0 Å². The number of carbonyl (C=O) groups excluding carboxylic acids is 5. The van der Waals surface area contributed by atoms with E-state index in [4.69, 9.17) is 4.74 Å². The van der Waals surface area contributed by atoms with E-state index in [-0.39, 0.29) is 23.2 Å². The summed E-state index contributed by atoms with van der Waals surface area (Å²) in [6.45, 7) is 10.1. The Bertz CT molecular complexity index is 900. The predicted molar refractivity (Wildman–Crippen MR) is 103 cm³/mol. The molecule has 0 saturated heterocycles. The van der Waals surface area contributed by atoms with Gasteiger partial charge in [0.25, 0.3) is 17.7 Å². The van der Waals surface area contributed by atoms with Crippen molar-refractivity contribution in [2.24, 2.45) is 0 Å². The zero-order valence-corrected chi connectivity index (χ0v) is 16.7. The lowest BCUT2D eigenvalue weighted by atomic mass is 10.1. The number of imide groups is 2. The number of ether oxygens (including phenoxy) is 1. The third-order valence-electron chi connectivity index (χ3n) is 3.90. The van der Waals surface area contributed by atoms with Crippen LogP contribution in [0.1, 0.15) is 58.8 Å². The summed E-state index contributed by atoms with van der Waals surface area (Å²) in [4.78, 5) is 61.7. The van der Waals surface area contributed by atoms with Gasteiger partial charge < -0.3 is 10.1 Å². The first kappa shape index (κ1) is 21.8. The Morgan fingerprint density at radius 2 is 1.79 bits per heavy atom. The van der Waals surface area contributed by atoms with Crippen molar-refractivity contribution in [2.75, 3.05) is 6.54 Å². The fourth-order valence-corrected chi connectivity index (χ4v) is 2.58. The topological polar surface area (TPSA) is 122 Å². The summed E-state index contributed by atoms with van der Waals surface area (Å²) in [6.07, 6.45) is 0.170. The summed E-state index contributed by atoms with van der Waals surface area (Å²) in [6, 6.07) is 3.23. The summed E-state index contributed by atoms with van der Waals surface area (Å²) < 4.78 is 5.07. The van der Waals surface area contributed by atoms with Gasteiger partial charge in [0.2, 0.25) is 0 Å². The maximum absolute atomic E-state index is 12.3. The number of hydrogen-bond donors (Lipinski definition) is 2. The summed E-state index contributed by atoms with van der Waals surface area (Å²) >= 11 is 0. The quantitative estimate of drug-likeness (QED) is 0.439. The van der Waals surface area contributed by atoms with Crippen LogP contribution in [0, 0.1) is 0 Å². The van der Waals surface area contributed by atoms with Gasteiger partial charge in [-0.3, -0.25) is 24.6 Å². The van der Waals surface area contributed by atoms with Crippen LogP contribution in [0.25, 0.3) is 0 Å². The van der Waals surface area contributed by atoms with Crippen LogP contribution in [-0.4, -0.2) is 52.8 Å². The van der Waals surface area contributed by atoms with E-state index in [1.165, 1.54) is 31.2 Å². The molecule has 1 heterocycles. The largest absolute Gasteiger partial charge is 0.449 e. The minimum atomic E-state index is -1.25. The molecule has 9 heteroatoms. The molecule has 0 bridgehead atoms. The molecule has 9 nitrogen and oxygen atoms in total. The monoisotopic (exact) mass is 401 g/mol. The van der Waals surface area contributed by atoms with Gasteiger partial charge in [-0.25, -0.2) is 9.59 Å². The molecular formula is C20H23N3O6. The Morgan fingerprint density at radius 3 is 2.38 bits per heavy atom. The highest BCUT2D eigenvalue weighted by molar-refractivity contribution is 6.22. The zero-order chi connectivity index (χ0) is 21.9. The van der Waals surface area contributed by atoms with Crippen LogP contribution in [0.4, 0.5) is 4.79 Å². The van der Waals surface area contributed by atoms with E-state index in [9.17, 15) is 24.0 Å². The molecule has 2 rings (SSSR count). The average molecular weight is 401 g/mol. The highest BCUT2D eigenvalue weighted by atomic mass is 16.5. The molecule has 1 aliphatic rings. The predicted octanol–water partition coefficient (Wildman–Crippen LogP) is 1.64. The number of benzene rings is 1. The summed E-state index contributed by atoms with van der Waals surface area (Å²) in [7, 11) is 0. The first-order chi connectivity index (χ1) is 13.4. The van der Waals surface area contributed by atoms with Crippen LogP contribution in [0.5, 0.6) is 0 Å². The second-order valence-electron chi connectivity index (χ2n) is 7.51. The average Bonchev–Trinajstić information content (AvgIpc) is 2.84. The van der Waals surface area contributed by atoms with Crippen molar-refractivity contribution in [1.82, 2.24) is 15.5 Å². The Hall–Kier alpha value is -3.49. The van der Waals surface area contributed by atoms with E-state index < -0.39 is 41.4 Å². The number of nitrogens with one attached hydrogen (secondary N) is 2. The molecule has 1 aliphatic heterocycles. The van der Waals surface area contributed by atoms with Gasteiger partial charge in [0.15, 0.2) is 6.10 Å². The van der Waals surface area contributed by atoms with Crippen molar-refractivity contribution in [2.45, 2.75) is 39.3 Å². The minimum Gasteiger partial charge on any atom is -0.449 e. The standard InChI is InChI=1S/C20H23N3O6/c1-6-9-23-16(25)13-8-7-12(10-14(13)17(23)26)18(27)29-11(2)15(24)21-19(28)22-20(3,4)5/h6-8,10-11H,1,9H2,2-5H3,(H2,21,22,24,28)/t11-/m0/s1. The van der Waals surface area contributed by atoms with E-state index in [0.29, 0.717) is 0 Å². The third-order valence-corrected chi connectivity index (χ3v) is 3.90. The second kappa shape index (κ2) is 8.26. The van der Waals surface area contributed by atoms with Gasteiger partial charge in [-0.1, -0.05) is 6.08 Å². The Kier molecular flexibility index (Phi) is 6.21. The van der Waals surface area contributed by atoms with Gasteiger partial charge in [-0.05, 0) is 45.9 Å². The number of carbonyl (C=O) groups is 5. The molecule has 0 unspecified atom stereocenters. The van der Waals surface area contributed by atoms with Crippen molar-refractivity contribution in [1.29, 1.82) is 0 Å². The fraction of sp³-hybridized carbons (Fsp3) is 0.350. The summed E-state index contributed by atoms with van der Waals surface area (Å²) in [5.74, 6) is -2.68. The highest BCUT2D eigenvalue weighted by Crippen LogP contribution is 2.24. The van der Waals surface area contributed by atoms with E-state index >= 15 is 0 Å². The third kappa shape index (κ3) is 5.07. The molecule has 5 amide bonds. The lowest BCUT2D eigenvalue weighted by molar-refractivity contribution is -0.127. The molecule has 154 valence electrons. The SMILES string of the molecule is C=CCN1C(=O)c2ccc(C(=O)O[C@@H](C)C(=O)NC(=O)NC(C)(C)C)cc2C1=O. The number of hydrogen-bond acceptors (Lipinski definition) is 6. The normalized spacial score (nSPS) is 14.1. The number of rotatable bonds is 5. The zero-order valence-electron chi connectivity index (χ0n) is 16.7. The molecule has 0 fully saturated rings. The van der Waals surface area contributed by atoms with E-state index in [0.717, 1.165) is 4.90 Å². The van der Waals surface area contributed by atoms with Crippen LogP contribution in [0.3, 0.4) is 0 Å². The van der Waals surface area contributed by atoms with Crippen molar-refractivity contribution in [3.8, 4) is 0 Å². The maximum Gasteiger partial charge on any atom is 0.338 e. The van der Waals surface area contributed by atoms with Crippen molar-refractivity contribution in [3.05, 3.63) is 47.5 Å². The van der Waals surface area contributed by atoms with Crippen LogP contribution in [0.15, 0.2) is 30.9 Å². The lowest BCUT2D eigenvalue weighted by Crippen LogP contribution is -2.50. The fourth-order valence-electron chi connectivity index (χ4n) is 2.58. The molecule has 2 N–H and O–H groups in total. The van der Waals surface area contributed by atoms with Gasteiger partial charge in [0.05, 0.1) is 16.7 Å². The van der Waals surface area contributed by atoms with E-state index in [1.54, 1.807) is 20.8 Å². The van der Waals surface area contributed by atoms with Crippen molar-refractivity contribution in [3.63, 3.8) is 0 Å². The van der Waals surface area contributed by atoms with Crippen molar-refractivity contribution >= 4 is 29.7 Å². The number of fused-ring (bicyclic) bond motifs is 1. The molecule has 0 radical (unpaired) electrons.